The van der Waals surface area contributed by atoms with Crippen LogP contribution in [0.1, 0.15) is 40.7 Å². The summed E-state index contributed by atoms with van der Waals surface area (Å²) in [6, 6.07) is 6.39. The van der Waals surface area contributed by atoms with E-state index < -0.39 is 0 Å². The van der Waals surface area contributed by atoms with Crippen molar-refractivity contribution in [3.05, 3.63) is 34.9 Å². The summed E-state index contributed by atoms with van der Waals surface area (Å²) in [5.41, 5.74) is 3.10. The summed E-state index contributed by atoms with van der Waals surface area (Å²) in [7, 11) is 1.90. The molecule has 1 aliphatic heterocycles. The summed E-state index contributed by atoms with van der Waals surface area (Å²) >= 11 is 0. The van der Waals surface area contributed by atoms with Crippen LogP contribution in [-0.4, -0.2) is 37.0 Å². The van der Waals surface area contributed by atoms with Crippen molar-refractivity contribution in [2.24, 2.45) is 0 Å². The minimum Gasteiger partial charge on any atom is -0.340 e. The molecule has 1 amide bonds. The number of amides is 1. The van der Waals surface area contributed by atoms with E-state index in [9.17, 15) is 4.79 Å². The van der Waals surface area contributed by atoms with Crippen LogP contribution in [0.3, 0.4) is 0 Å². The summed E-state index contributed by atoms with van der Waals surface area (Å²) in [5.74, 6) is 0.133. The zero-order valence-corrected chi connectivity index (χ0v) is 12.2. The van der Waals surface area contributed by atoms with Gasteiger partial charge in [0.15, 0.2) is 0 Å². The van der Waals surface area contributed by atoms with E-state index in [1.54, 1.807) is 0 Å². The van der Waals surface area contributed by atoms with Gasteiger partial charge in [-0.15, -0.1) is 0 Å². The van der Waals surface area contributed by atoms with E-state index in [4.69, 9.17) is 0 Å². The Labute approximate surface area is 116 Å². The molecule has 0 spiro atoms. The number of carbonyl (C=O) groups excluding carboxylic acids is 1. The number of aryl methyl sites for hydroxylation is 1. The van der Waals surface area contributed by atoms with Gasteiger partial charge in [0.05, 0.1) is 0 Å². The van der Waals surface area contributed by atoms with Crippen molar-refractivity contribution < 1.29 is 4.79 Å². The second-order valence-electron chi connectivity index (χ2n) is 5.58. The van der Waals surface area contributed by atoms with Crippen molar-refractivity contribution in [1.82, 2.24) is 10.2 Å². The van der Waals surface area contributed by atoms with Gasteiger partial charge in [-0.3, -0.25) is 4.79 Å². The molecule has 1 aromatic rings. The highest BCUT2D eigenvalue weighted by atomic mass is 16.2. The molecule has 1 N–H and O–H groups in total. The van der Waals surface area contributed by atoms with Crippen LogP contribution in [0.4, 0.5) is 0 Å². The molecule has 1 aromatic carbocycles. The lowest BCUT2D eigenvalue weighted by Crippen LogP contribution is -2.44. The Balaban J connectivity index is 2.03. The quantitative estimate of drug-likeness (QED) is 0.905. The number of hydrogen-bond donors (Lipinski definition) is 1. The third kappa shape index (κ3) is 3.35. The van der Waals surface area contributed by atoms with Gasteiger partial charge < -0.3 is 10.2 Å². The molecule has 1 saturated heterocycles. The molecule has 0 saturated carbocycles. The van der Waals surface area contributed by atoms with Crippen LogP contribution in [-0.2, 0) is 0 Å². The number of benzene rings is 1. The number of hydrogen-bond acceptors (Lipinski definition) is 2. The maximum Gasteiger partial charge on any atom is 0.253 e. The molecule has 1 unspecified atom stereocenters. The number of carbonyl (C=O) groups is 1. The summed E-state index contributed by atoms with van der Waals surface area (Å²) in [6.07, 6.45) is 3.69. The average Bonchev–Trinajstić information content (AvgIpc) is 2.42. The fourth-order valence-electron chi connectivity index (χ4n) is 2.68. The first-order chi connectivity index (χ1) is 9.09. The number of likely N-dealkylation sites (N-methyl/N-ethyl adjacent to an activating group) is 1. The SMILES string of the molecule is Cc1cccc(C(=O)N(C)CC2CCCCN2)c1C. The van der Waals surface area contributed by atoms with Gasteiger partial charge in [-0.1, -0.05) is 18.6 Å². The van der Waals surface area contributed by atoms with Crippen LogP contribution in [0.2, 0.25) is 0 Å². The third-order valence-electron chi connectivity index (χ3n) is 4.09. The smallest absolute Gasteiger partial charge is 0.253 e. The molecule has 3 heteroatoms. The van der Waals surface area contributed by atoms with Gasteiger partial charge in [-0.25, -0.2) is 0 Å². The predicted octanol–water partition coefficient (Wildman–Crippen LogP) is 2.52. The standard InChI is InChI=1S/C16H24N2O/c1-12-7-6-9-15(13(12)2)16(19)18(3)11-14-8-4-5-10-17-14/h6-7,9,14,17H,4-5,8,10-11H2,1-3H3. The number of nitrogens with one attached hydrogen (secondary N) is 1. The van der Waals surface area contributed by atoms with Gasteiger partial charge >= 0.3 is 0 Å². The van der Waals surface area contributed by atoms with Crippen LogP contribution >= 0.6 is 0 Å². The highest BCUT2D eigenvalue weighted by Gasteiger charge is 2.19. The number of piperidine rings is 1. The van der Waals surface area contributed by atoms with Crippen molar-refractivity contribution in [1.29, 1.82) is 0 Å². The van der Waals surface area contributed by atoms with Crippen molar-refractivity contribution in [2.75, 3.05) is 20.1 Å². The second-order valence-corrected chi connectivity index (χ2v) is 5.58. The monoisotopic (exact) mass is 260 g/mol. The van der Waals surface area contributed by atoms with Gasteiger partial charge in [0, 0.05) is 25.2 Å². The lowest BCUT2D eigenvalue weighted by atomic mass is 10.0. The van der Waals surface area contributed by atoms with Crippen LogP contribution in [0, 0.1) is 13.8 Å². The topological polar surface area (TPSA) is 32.3 Å². The molecule has 0 aliphatic carbocycles. The molecule has 0 bridgehead atoms. The number of nitrogens with zero attached hydrogens (tertiary/aromatic N) is 1. The fourth-order valence-corrected chi connectivity index (χ4v) is 2.68. The largest absolute Gasteiger partial charge is 0.340 e. The van der Waals surface area contributed by atoms with Gasteiger partial charge in [0.2, 0.25) is 0 Å². The lowest BCUT2D eigenvalue weighted by Gasteiger charge is -2.28. The van der Waals surface area contributed by atoms with Crippen LogP contribution in [0.25, 0.3) is 0 Å². The molecule has 19 heavy (non-hydrogen) atoms. The fraction of sp³-hybridized carbons (Fsp3) is 0.562. The summed E-state index contributed by atoms with van der Waals surface area (Å²) in [6.45, 7) is 5.95. The molecule has 0 aromatic heterocycles. The van der Waals surface area contributed by atoms with Crippen molar-refractivity contribution in [3.8, 4) is 0 Å². The van der Waals surface area contributed by atoms with E-state index in [1.165, 1.54) is 24.8 Å². The summed E-state index contributed by atoms with van der Waals surface area (Å²) in [4.78, 5) is 14.3. The van der Waals surface area contributed by atoms with E-state index in [1.807, 2.05) is 31.0 Å². The van der Waals surface area contributed by atoms with Gasteiger partial charge in [0.1, 0.15) is 0 Å². The molecule has 2 rings (SSSR count). The predicted molar refractivity (Wildman–Crippen MR) is 78.5 cm³/mol. The zero-order valence-electron chi connectivity index (χ0n) is 12.2. The molecule has 0 radical (unpaired) electrons. The van der Waals surface area contributed by atoms with Gasteiger partial charge in [-0.2, -0.15) is 0 Å². The molecular formula is C16H24N2O. The first-order valence-corrected chi connectivity index (χ1v) is 7.14. The molecule has 104 valence electrons. The average molecular weight is 260 g/mol. The van der Waals surface area contributed by atoms with Gasteiger partial charge in [-0.05, 0) is 50.4 Å². The first-order valence-electron chi connectivity index (χ1n) is 7.14. The molecular weight excluding hydrogens is 236 g/mol. The maximum atomic E-state index is 12.5. The molecule has 1 atom stereocenters. The summed E-state index contributed by atoms with van der Waals surface area (Å²) < 4.78 is 0. The third-order valence-corrected chi connectivity index (χ3v) is 4.09. The number of rotatable bonds is 3. The van der Waals surface area contributed by atoms with Crippen molar-refractivity contribution in [2.45, 2.75) is 39.2 Å². The lowest BCUT2D eigenvalue weighted by molar-refractivity contribution is 0.0774. The minimum absolute atomic E-state index is 0.133. The van der Waals surface area contributed by atoms with Crippen molar-refractivity contribution >= 4 is 5.91 Å². The Bertz CT molecular complexity index is 450. The van der Waals surface area contributed by atoms with E-state index in [-0.39, 0.29) is 5.91 Å². The Morgan fingerprint density at radius 2 is 2.16 bits per heavy atom. The highest BCUT2D eigenvalue weighted by molar-refractivity contribution is 5.95. The van der Waals surface area contributed by atoms with E-state index in [2.05, 4.69) is 18.3 Å². The maximum absolute atomic E-state index is 12.5. The molecule has 1 fully saturated rings. The van der Waals surface area contributed by atoms with Crippen LogP contribution in [0.5, 0.6) is 0 Å². The Hall–Kier alpha value is -1.35. The second kappa shape index (κ2) is 6.20. The molecule has 1 heterocycles. The van der Waals surface area contributed by atoms with E-state index >= 15 is 0 Å². The Morgan fingerprint density at radius 3 is 2.84 bits per heavy atom. The van der Waals surface area contributed by atoms with Crippen molar-refractivity contribution in [3.63, 3.8) is 0 Å². The van der Waals surface area contributed by atoms with Crippen LogP contribution < -0.4 is 5.32 Å². The minimum atomic E-state index is 0.133. The van der Waals surface area contributed by atoms with E-state index in [0.29, 0.717) is 6.04 Å². The van der Waals surface area contributed by atoms with Crippen LogP contribution in [0.15, 0.2) is 18.2 Å². The highest BCUT2D eigenvalue weighted by Crippen LogP contribution is 2.15. The normalized spacial score (nSPS) is 19.2. The first kappa shape index (κ1) is 14.1. The summed E-state index contributed by atoms with van der Waals surface area (Å²) in [5, 5.41) is 3.49. The van der Waals surface area contributed by atoms with E-state index in [0.717, 1.165) is 24.2 Å². The Morgan fingerprint density at radius 1 is 1.37 bits per heavy atom. The molecule has 1 aliphatic rings. The Kier molecular flexibility index (Phi) is 4.59. The molecule has 3 nitrogen and oxygen atoms in total. The van der Waals surface area contributed by atoms with Gasteiger partial charge in [0.25, 0.3) is 5.91 Å². The zero-order chi connectivity index (χ0) is 13.8.